The molecule has 1 aromatic carbocycles. The van der Waals surface area contributed by atoms with Crippen LogP contribution in [0, 0.1) is 0 Å². The number of nitrogens with two attached hydrogens (primary N) is 1. The van der Waals surface area contributed by atoms with Gasteiger partial charge in [0.2, 0.25) is 5.91 Å². The molecule has 0 aliphatic carbocycles. The molecule has 3 heterocycles. The van der Waals surface area contributed by atoms with E-state index in [4.69, 9.17) is 15.5 Å². The van der Waals surface area contributed by atoms with E-state index in [0.29, 0.717) is 18.8 Å². The summed E-state index contributed by atoms with van der Waals surface area (Å²) in [6.45, 7) is 4.34. The second kappa shape index (κ2) is 7.56. The van der Waals surface area contributed by atoms with Crippen LogP contribution in [0.25, 0.3) is 16.6 Å². The molecular formula is C21H26N4O2. The molecule has 1 aromatic heterocycles. The third-order valence-corrected chi connectivity index (χ3v) is 5.49. The number of nitrogens with zero attached hydrogens (tertiary/aromatic N) is 2. The van der Waals surface area contributed by atoms with Crippen molar-refractivity contribution in [2.45, 2.75) is 32.2 Å². The molecule has 3 N–H and O–H groups in total. The summed E-state index contributed by atoms with van der Waals surface area (Å²) in [5, 5.41) is 1.12. The van der Waals surface area contributed by atoms with E-state index in [2.05, 4.69) is 11.1 Å². The fourth-order valence-corrected chi connectivity index (χ4v) is 3.91. The highest BCUT2D eigenvalue weighted by Gasteiger charge is 2.26. The highest BCUT2D eigenvalue weighted by Crippen LogP contribution is 2.27. The van der Waals surface area contributed by atoms with Gasteiger partial charge in [0.05, 0.1) is 11.6 Å². The van der Waals surface area contributed by atoms with Crippen LogP contribution in [0.1, 0.15) is 31.7 Å². The molecule has 6 heteroatoms. The number of benzene rings is 1. The highest BCUT2D eigenvalue weighted by molar-refractivity contribution is 6.09. The van der Waals surface area contributed by atoms with E-state index >= 15 is 0 Å². The molecule has 0 radical (unpaired) electrons. The maximum atomic E-state index is 12.0. The summed E-state index contributed by atoms with van der Waals surface area (Å²) in [7, 11) is 0. The summed E-state index contributed by atoms with van der Waals surface area (Å²) >= 11 is 0. The van der Waals surface area contributed by atoms with Gasteiger partial charge in [-0.3, -0.25) is 9.79 Å². The standard InChI is InChI=1S/C21H26N4O2/c1-14(26)25-10-6-19(24-16-7-11-27-12-8-16)18(13-25)20(22)17-4-2-3-15-5-9-23-21(15)17/h2-5,9,16,23H,6-8,10-13,22H2,1H3. The van der Waals surface area contributed by atoms with Crippen LogP contribution >= 0.6 is 0 Å². The predicted molar refractivity (Wildman–Crippen MR) is 108 cm³/mol. The van der Waals surface area contributed by atoms with Crippen LogP contribution in [-0.4, -0.2) is 53.8 Å². The first-order valence-electron chi connectivity index (χ1n) is 9.59. The summed E-state index contributed by atoms with van der Waals surface area (Å²) in [5.74, 6) is 0.0727. The topological polar surface area (TPSA) is 83.7 Å². The Morgan fingerprint density at radius 3 is 2.89 bits per heavy atom. The number of carbonyl (C=O) groups is 1. The summed E-state index contributed by atoms with van der Waals surface area (Å²) in [4.78, 5) is 22.1. The second-order valence-electron chi connectivity index (χ2n) is 7.25. The van der Waals surface area contributed by atoms with Gasteiger partial charge in [0, 0.05) is 73.8 Å². The number of carbonyl (C=O) groups excluding carboxylic acids is 1. The minimum Gasteiger partial charge on any atom is -0.398 e. The third kappa shape index (κ3) is 3.62. The molecule has 2 saturated heterocycles. The van der Waals surface area contributed by atoms with Gasteiger partial charge in [-0.1, -0.05) is 18.2 Å². The fraction of sp³-hybridized carbons (Fsp3) is 0.429. The lowest BCUT2D eigenvalue weighted by Gasteiger charge is -2.31. The van der Waals surface area contributed by atoms with Gasteiger partial charge in [0.25, 0.3) is 0 Å². The van der Waals surface area contributed by atoms with E-state index < -0.39 is 0 Å². The van der Waals surface area contributed by atoms with E-state index in [0.717, 1.165) is 60.2 Å². The number of aromatic amines is 1. The molecule has 4 rings (SSSR count). The number of para-hydroxylation sites is 1. The van der Waals surface area contributed by atoms with Gasteiger partial charge in [-0.05, 0) is 18.9 Å². The largest absolute Gasteiger partial charge is 0.398 e. The molecular weight excluding hydrogens is 340 g/mol. The summed E-state index contributed by atoms with van der Waals surface area (Å²) in [6.07, 6.45) is 4.55. The Balaban J connectivity index is 1.77. The van der Waals surface area contributed by atoms with Crippen LogP contribution < -0.4 is 5.73 Å². The molecule has 0 unspecified atom stereocenters. The number of piperidine rings is 1. The molecule has 0 spiro atoms. The van der Waals surface area contributed by atoms with Gasteiger partial charge in [-0.25, -0.2) is 0 Å². The Morgan fingerprint density at radius 1 is 1.30 bits per heavy atom. The molecule has 0 saturated carbocycles. The number of hydrogen-bond donors (Lipinski definition) is 2. The monoisotopic (exact) mass is 366 g/mol. The fourth-order valence-electron chi connectivity index (χ4n) is 3.91. The normalized spacial score (nSPS) is 22.4. The number of H-pyrrole nitrogens is 1. The van der Waals surface area contributed by atoms with E-state index in [1.165, 1.54) is 0 Å². The van der Waals surface area contributed by atoms with E-state index in [9.17, 15) is 4.79 Å². The minimum absolute atomic E-state index is 0.0727. The zero-order valence-corrected chi connectivity index (χ0v) is 15.7. The molecule has 2 fully saturated rings. The van der Waals surface area contributed by atoms with Crippen LogP contribution in [0.4, 0.5) is 0 Å². The Bertz CT molecular complexity index is 906. The van der Waals surface area contributed by atoms with Gasteiger partial charge >= 0.3 is 0 Å². The van der Waals surface area contributed by atoms with Crippen molar-refractivity contribution in [2.75, 3.05) is 26.3 Å². The first-order chi connectivity index (χ1) is 13.1. The molecule has 27 heavy (non-hydrogen) atoms. The number of hydrogen-bond acceptors (Lipinski definition) is 4. The van der Waals surface area contributed by atoms with Crippen LogP contribution in [0.15, 0.2) is 41.0 Å². The summed E-state index contributed by atoms with van der Waals surface area (Å²) < 4.78 is 5.46. The Kier molecular flexibility index (Phi) is 4.99. The maximum absolute atomic E-state index is 12.0. The maximum Gasteiger partial charge on any atom is 0.219 e. The van der Waals surface area contributed by atoms with Crippen LogP contribution in [0.5, 0.6) is 0 Å². The lowest BCUT2D eigenvalue weighted by Crippen LogP contribution is -2.40. The Labute approximate surface area is 159 Å². The van der Waals surface area contributed by atoms with Crippen LogP contribution in [0.3, 0.4) is 0 Å². The van der Waals surface area contributed by atoms with Crippen molar-refractivity contribution in [3.8, 4) is 0 Å². The molecule has 0 atom stereocenters. The SMILES string of the molecule is CC(=O)N1CCC(=NC2CCOCC2)C(=C(N)c2cccc3cc[nH]c23)C1. The number of likely N-dealkylation sites (tertiary alicyclic amines) is 1. The average Bonchev–Trinajstić information content (AvgIpc) is 3.17. The van der Waals surface area contributed by atoms with Crippen molar-refractivity contribution in [1.29, 1.82) is 0 Å². The number of amides is 1. The second-order valence-corrected chi connectivity index (χ2v) is 7.25. The van der Waals surface area contributed by atoms with Gasteiger partial charge in [-0.15, -0.1) is 0 Å². The van der Waals surface area contributed by atoms with Gasteiger partial charge < -0.3 is 20.4 Å². The number of rotatable bonds is 2. The molecule has 2 aliphatic rings. The van der Waals surface area contributed by atoms with E-state index in [1.807, 2.05) is 29.3 Å². The quantitative estimate of drug-likeness (QED) is 0.857. The first-order valence-corrected chi connectivity index (χ1v) is 9.59. The van der Waals surface area contributed by atoms with Crippen molar-refractivity contribution in [3.05, 3.63) is 41.6 Å². The first kappa shape index (κ1) is 17.8. The van der Waals surface area contributed by atoms with E-state index in [-0.39, 0.29) is 11.9 Å². The van der Waals surface area contributed by atoms with Crippen LogP contribution in [-0.2, 0) is 9.53 Å². The molecule has 1 amide bonds. The average molecular weight is 366 g/mol. The van der Waals surface area contributed by atoms with Crippen molar-refractivity contribution >= 4 is 28.2 Å². The van der Waals surface area contributed by atoms with Gasteiger partial charge in [0.15, 0.2) is 0 Å². The summed E-state index contributed by atoms with van der Waals surface area (Å²) in [5.41, 5.74) is 11.4. The third-order valence-electron chi connectivity index (χ3n) is 5.49. The summed E-state index contributed by atoms with van der Waals surface area (Å²) in [6, 6.07) is 8.42. The zero-order valence-electron chi connectivity index (χ0n) is 15.7. The molecule has 6 nitrogen and oxygen atoms in total. The zero-order chi connectivity index (χ0) is 18.8. The predicted octanol–water partition coefficient (Wildman–Crippen LogP) is 2.71. The molecule has 2 aromatic rings. The Morgan fingerprint density at radius 2 is 2.11 bits per heavy atom. The van der Waals surface area contributed by atoms with Crippen molar-refractivity contribution in [1.82, 2.24) is 9.88 Å². The number of aliphatic imine (C=N–C) groups is 1. The van der Waals surface area contributed by atoms with Gasteiger partial charge in [0.1, 0.15) is 0 Å². The smallest absolute Gasteiger partial charge is 0.219 e. The van der Waals surface area contributed by atoms with Crippen molar-refractivity contribution in [3.63, 3.8) is 0 Å². The molecule has 2 aliphatic heterocycles. The number of nitrogens with one attached hydrogen (secondary N) is 1. The molecule has 142 valence electrons. The number of fused-ring (bicyclic) bond motifs is 1. The number of ether oxygens (including phenoxy) is 1. The minimum atomic E-state index is 0.0727. The number of aromatic nitrogens is 1. The van der Waals surface area contributed by atoms with Crippen molar-refractivity contribution in [2.24, 2.45) is 10.7 Å². The lowest BCUT2D eigenvalue weighted by molar-refractivity contribution is -0.128. The van der Waals surface area contributed by atoms with E-state index in [1.54, 1.807) is 6.92 Å². The van der Waals surface area contributed by atoms with Crippen molar-refractivity contribution < 1.29 is 9.53 Å². The van der Waals surface area contributed by atoms with Crippen LogP contribution in [0.2, 0.25) is 0 Å². The Hall–Kier alpha value is -2.60. The highest BCUT2D eigenvalue weighted by atomic mass is 16.5. The van der Waals surface area contributed by atoms with Gasteiger partial charge in [-0.2, -0.15) is 0 Å². The molecule has 0 bridgehead atoms. The lowest BCUT2D eigenvalue weighted by atomic mass is 9.95.